The van der Waals surface area contributed by atoms with E-state index in [0.717, 1.165) is 13.2 Å². The van der Waals surface area contributed by atoms with Crippen molar-refractivity contribution in [2.24, 2.45) is 0 Å². The first kappa shape index (κ1) is 5.06. The summed E-state index contributed by atoms with van der Waals surface area (Å²) in [5.74, 6) is 0. The Kier molecular flexibility index (Phi) is 1.65. The van der Waals surface area contributed by atoms with Gasteiger partial charge in [-0.05, 0) is 6.92 Å². The summed E-state index contributed by atoms with van der Waals surface area (Å²) in [5, 5.41) is 0. The van der Waals surface area contributed by atoms with Gasteiger partial charge < -0.3 is 9.47 Å². The molecule has 0 saturated carbocycles. The van der Waals surface area contributed by atoms with Crippen LogP contribution in [0.15, 0.2) is 0 Å². The Bertz CT molecular complexity index is 50.0. The van der Waals surface area contributed by atoms with Crippen molar-refractivity contribution >= 4 is 0 Å². The highest BCUT2D eigenvalue weighted by Crippen LogP contribution is 2.07. The summed E-state index contributed by atoms with van der Waals surface area (Å²) in [6.45, 7) is 5.66. The summed E-state index contributed by atoms with van der Waals surface area (Å²) in [5.41, 5.74) is 0. The largest absolute Gasteiger partial charge is 0.379 e. The van der Waals surface area contributed by atoms with E-state index in [4.69, 9.17) is 9.47 Å². The molecular formula is C5H9O2. The van der Waals surface area contributed by atoms with Crippen LogP contribution < -0.4 is 0 Å². The van der Waals surface area contributed by atoms with Crippen molar-refractivity contribution in [1.29, 1.82) is 0 Å². The zero-order chi connectivity index (χ0) is 5.11. The van der Waals surface area contributed by atoms with Crippen molar-refractivity contribution in [2.75, 3.05) is 19.8 Å². The van der Waals surface area contributed by atoms with Gasteiger partial charge in [0.1, 0.15) is 6.10 Å². The van der Waals surface area contributed by atoms with Crippen LogP contribution in [0.1, 0.15) is 0 Å². The Morgan fingerprint density at radius 1 is 1.86 bits per heavy atom. The van der Waals surface area contributed by atoms with Gasteiger partial charge >= 0.3 is 0 Å². The molecule has 2 nitrogen and oxygen atoms in total. The van der Waals surface area contributed by atoms with Crippen LogP contribution in [0.2, 0.25) is 0 Å². The van der Waals surface area contributed by atoms with Crippen LogP contribution >= 0.6 is 0 Å². The number of epoxide rings is 1. The molecule has 0 spiro atoms. The van der Waals surface area contributed by atoms with Crippen molar-refractivity contribution in [3.05, 3.63) is 6.92 Å². The smallest absolute Gasteiger partial charge is 0.104 e. The summed E-state index contributed by atoms with van der Waals surface area (Å²) in [6.07, 6.45) is 0.391. The van der Waals surface area contributed by atoms with E-state index in [1.807, 2.05) is 0 Å². The van der Waals surface area contributed by atoms with Crippen LogP contribution in [0.3, 0.4) is 0 Å². The molecule has 1 saturated heterocycles. The molecule has 0 aliphatic carbocycles. The summed E-state index contributed by atoms with van der Waals surface area (Å²) < 4.78 is 9.78. The van der Waals surface area contributed by atoms with Crippen molar-refractivity contribution in [3.63, 3.8) is 0 Å². The Hall–Kier alpha value is -0.0800. The Morgan fingerprint density at radius 3 is 3.00 bits per heavy atom. The minimum absolute atomic E-state index is 0.391. The second-order valence-corrected chi connectivity index (χ2v) is 1.53. The third kappa shape index (κ3) is 1.90. The first-order valence-electron chi connectivity index (χ1n) is 2.42. The van der Waals surface area contributed by atoms with Gasteiger partial charge in [0.05, 0.1) is 13.2 Å². The molecule has 1 radical (unpaired) electrons. The molecule has 2 heteroatoms. The van der Waals surface area contributed by atoms with Crippen LogP contribution in [0.4, 0.5) is 0 Å². The molecular weight excluding hydrogens is 92.1 g/mol. The quantitative estimate of drug-likeness (QED) is 0.475. The fraction of sp³-hybridized carbons (Fsp3) is 0.800. The van der Waals surface area contributed by atoms with Gasteiger partial charge in [-0.2, -0.15) is 0 Å². The van der Waals surface area contributed by atoms with E-state index in [0.29, 0.717) is 12.7 Å². The van der Waals surface area contributed by atoms with Crippen LogP contribution in [-0.4, -0.2) is 25.9 Å². The van der Waals surface area contributed by atoms with Crippen LogP contribution in [0.5, 0.6) is 0 Å². The fourth-order valence-corrected chi connectivity index (χ4v) is 0.379. The molecule has 7 heavy (non-hydrogen) atoms. The van der Waals surface area contributed by atoms with Crippen LogP contribution in [-0.2, 0) is 9.47 Å². The van der Waals surface area contributed by atoms with Crippen molar-refractivity contribution in [1.82, 2.24) is 0 Å². The number of hydrogen-bond donors (Lipinski definition) is 0. The Morgan fingerprint density at radius 2 is 2.57 bits per heavy atom. The Labute approximate surface area is 43.4 Å². The van der Waals surface area contributed by atoms with Crippen molar-refractivity contribution in [2.45, 2.75) is 6.10 Å². The lowest BCUT2D eigenvalue weighted by Gasteiger charge is -1.91. The zero-order valence-corrected chi connectivity index (χ0v) is 4.22. The van der Waals surface area contributed by atoms with Crippen LogP contribution in [0, 0.1) is 6.92 Å². The standard InChI is InChI=1S/C5H9O2/c1-2-6-3-5-4-7-5/h5H,1-4H2. The lowest BCUT2D eigenvalue weighted by molar-refractivity contribution is 0.139. The average molecular weight is 101 g/mol. The highest BCUT2D eigenvalue weighted by molar-refractivity contribution is 4.66. The SMILES string of the molecule is [CH2]COCC1CO1. The number of rotatable bonds is 3. The molecule has 1 fully saturated rings. The summed E-state index contributed by atoms with van der Waals surface area (Å²) in [7, 11) is 0. The second kappa shape index (κ2) is 2.28. The monoisotopic (exact) mass is 101 g/mol. The van der Waals surface area contributed by atoms with E-state index in [1.165, 1.54) is 0 Å². The topological polar surface area (TPSA) is 21.8 Å². The first-order valence-corrected chi connectivity index (χ1v) is 2.42. The molecule has 1 unspecified atom stereocenters. The first-order chi connectivity index (χ1) is 3.43. The maximum atomic E-state index is 4.92. The highest BCUT2D eigenvalue weighted by atomic mass is 16.6. The van der Waals surface area contributed by atoms with E-state index in [-0.39, 0.29) is 0 Å². The molecule has 0 aromatic carbocycles. The molecule has 41 valence electrons. The zero-order valence-electron chi connectivity index (χ0n) is 4.22. The highest BCUT2D eigenvalue weighted by Gasteiger charge is 2.21. The van der Waals surface area contributed by atoms with Gasteiger partial charge in [0.2, 0.25) is 0 Å². The molecule has 0 aromatic rings. The van der Waals surface area contributed by atoms with Crippen LogP contribution in [0.25, 0.3) is 0 Å². The Balaban J connectivity index is 1.80. The lowest BCUT2D eigenvalue weighted by Crippen LogP contribution is -1.99. The van der Waals surface area contributed by atoms with E-state index in [1.54, 1.807) is 0 Å². The molecule has 1 rings (SSSR count). The van der Waals surface area contributed by atoms with Crippen molar-refractivity contribution in [3.8, 4) is 0 Å². The van der Waals surface area contributed by atoms with E-state index in [9.17, 15) is 0 Å². The molecule has 0 aromatic heterocycles. The van der Waals surface area contributed by atoms with Gasteiger partial charge in [0.15, 0.2) is 0 Å². The molecule has 1 atom stereocenters. The molecule has 1 heterocycles. The minimum Gasteiger partial charge on any atom is -0.379 e. The average Bonchev–Trinajstić information content (AvgIpc) is 2.42. The molecule has 0 bridgehead atoms. The van der Waals surface area contributed by atoms with Gasteiger partial charge in [-0.1, -0.05) is 0 Å². The molecule has 0 amide bonds. The predicted octanol–water partition coefficient (Wildman–Crippen LogP) is 0.236. The second-order valence-electron chi connectivity index (χ2n) is 1.53. The van der Waals surface area contributed by atoms with E-state index < -0.39 is 0 Å². The number of ether oxygens (including phenoxy) is 2. The van der Waals surface area contributed by atoms with Gasteiger partial charge in [-0.15, -0.1) is 0 Å². The van der Waals surface area contributed by atoms with Gasteiger partial charge in [0.25, 0.3) is 0 Å². The minimum atomic E-state index is 0.391. The lowest BCUT2D eigenvalue weighted by atomic mass is 10.5. The maximum absolute atomic E-state index is 4.92. The summed E-state index contributed by atoms with van der Waals surface area (Å²) >= 11 is 0. The third-order valence-electron chi connectivity index (χ3n) is 0.850. The van der Waals surface area contributed by atoms with Gasteiger partial charge in [-0.3, -0.25) is 0 Å². The third-order valence-corrected chi connectivity index (χ3v) is 0.850. The molecule has 0 N–H and O–H groups in total. The fourth-order valence-electron chi connectivity index (χ4n) is 0.379. The summed E-state index contributed by atoms with van der Waals surface area (Å²) in [4.78, 5) is 0. The maximum Gasteiger partial charge on any atom is 0.104 e. The molecule has 1 aliphatic heterocycles. The number of hydrogen-bond acceptors (Lipinski definition) is 2. The van der Waals surface area contributed by atoms with E-state index >= 15 is 0 Å². The van der Waals surface area contributed by atoms with E-state index in [2.05, 4.69) is 6.92 Å². The summed E-state index contributed by atoms with van der Waals surface area (Å²) in [6, 6.07) is 0. The van der Waals surface area contributed by atoms with Crippen molar-refractivity contribution < 1.29 is 9.47 Å². The molecule has 1 aliphatic rings. The van der Waals surface area contributed by atoms with Gasteiger partial charge in [0, 0.05) is 6.61 Å². The predicted molar refractivity (Wildman–Crippen MR) is 25.9 cm³/mol. The normalized spacial score (nSPS) is 27.9. The van der Waals surface area contributed by atoms with Gasteiger partial charge in [-0.25, -0.2) is 0 Å².